The fraction of sp³-hybridized carbons (Fsp3) is 0.278. The Morgan fingerprint density at radius 3 is 1.96 bits per heavy atom. The highest BCUT2D eigenvalue weighted by molar-refractivity contribution is 8.45. The van der Waals surface area contributed by atoms with E-state index in [1.807, 2.05) is 0 Å². The number of carbonyl (C=O) groups is 1. The summed E-state index contributed by atoms with van der Waals surface area (Å²) in [5.41, 5.74) is 1.29. The van der Waals surface area contributed by atoms with Crippen molar-refractivity contribution in [2.75, 3.05) is 0 Å². The van der Waals surface area contributed by atoms with E-state index in [4.69, 9.17) is 4.74 Å². The van der Waals surface area contributed by atoms with Gasteiger partial charge in [-0.05, 0) is 54.8 Å². The summed E-state index contributed by atoms with van der Waals surface area (Å²) in [6, 6.07) is 8.50. The van der Waals surface area contributed by atoms with Gasteiger partial charge in [-0.25, -0.2) is 4.79 Å². The van der Waals surface area contributed by atoms with E-state index in [0.29, 0.717) is 12.1 Å². The van der Waals surface area contributed by atoms with Crippen molar-refractivity contribution in [3.63, 3.8) is 0 Å². The van der Waals surface area contributed by atoms with Gasteiger partial charge in [-0.2, -0.15) is 0 Å². The molecule has 144 valence electrons. The number of hydrogen-bond acceptors (Lipinski definition) is 2. The van der Waals surface area contributed by atoms with Crippen LogP contribution in [-0.4, -0.2) is 5.97 Å². The molecule has 2 aromatic carbocycles. The minimum absolute atomic E-state index is 0.209. The summed E-state index contributed by atoms with van der Waals surface area (Å²) in [6.07, 6.45) is 4.14. The Hall–Kier alpha value is -2.09. The smallest absolute Gasteiger partial charge is 0.343 e. The van der Waals surface area contributed by atoms with Crippen molar-refractivity contribution in [2.24, 2.45) is 0 Å². The van der Waals surface area contributed by atoms with Gasteiger partial charge >= 0.3 is 16.2 Å². The molecular weight excluding hydrogens is 375 g/mol. The van der Waals surface area contributed by atoms with E-state index in [9.17, 15) is 24.2 Å². The second-order valence-electron chi connectivity index (χ2n) is 5.98. The first-order valence-electron chi connectivity index (χ1n) is 8.04. The third-order valence-corrected chi connectivity index (χ3v) is 4.90. The molecule has 0 aliphatic rings. The standard InChI is InChI=1S/C18H19F5O2S/c1-2-3-4-5-14-6-8-15(9-7-14)18(24)25-16-10-12-17(13-11-16)26(19,20,21,22)23/h6-13H,2-5H2,1H3. The number of hydrogen-bond donors (Lipinski definition) is 0. The second kappa shape index (κ2) is 6.57. The van der Waals surface area contributed by atoms with Crippen molar-refractivity contribution in [2.45, 2.75) is 37.5 Å². The molecule has 0 saturated carbocycles. The first-order chi connectivity index (χ1) is 11.9. The van der Waals surface area contributed by atoms with E-state index >= 15 is 0 Å². The molecular formula is C18H19F5O2S. The third kappa shape index (κ3) is 5.72. The quantitative estimate of drug-likeness (QED) is 0.213. The number of unbranched alkanes of at least 4 members (excludes halogenated alkanes) is 2. The van der Waals surface area contributed by atoms with Gasteiger partial charge in [-0.15, -0.1) is 0 Å². The summed E-state index contributed by atoms with van der Waals surface area (Å²) >= 11 is 0. The summed E-state index contributed by atoms with van der Waals surface area (Å²) in [7, 11) is -9.73. The van der Waals surface area contributed by atoms with Gasteiger partial charge in [0.05, 0.1) is 5.56 Å². The lowest BCUT2D eigenvalue weighted by Crippen LogP contribution is -2.09. The summed E-state index contributed by atoms with van der Waals surface area (Å²) < 4.78 is 68.2. The Morgan fingerprint density at radius 2 is 1.46 bits per heavy atom. The van der Waals surface area contributed by atoms with Crippen molar-refractivity contribution in [3.8, 4) is 5.75 Å². The fourth-order valence-electron chi connectivity index (χ4n) is 2.32. The largest absolute Gasteiger partial charge is 0.423 e. The maximum atomic E-state index is 12.6. The maximum absolute atomic E-state index is 12.6. The molecule has 0 aromatic heterocycles. The summed E-state index contributed by atoms with van der Waals surface area (Å²) in [4.78, 5) is 9.98. The van der Waals surface area contributed by atoms with E-state index < -0.39 is 21.1 Å². The monoisotopic (exact) mass is 394 g/mol. The molecule has 0 bridgehead atoms. The molecule has 2 aromatic rings. The molecule has 0 radical (unpaired) electrons. The summed E-state index contributed by atoms with van der Waals surface area (Å²) in [5, 5.41) is 0. The van der Waals surface area contributed by atoms with Gasteiger partial charge in [0.1, 0.15) is 10.6 Å². The van der Waals surface area contributed by atoms with Crippen molar-refractivity contribution in [1.82, 2.24) is 0 Å². The van der Waals surface area contributed by atoms with Gasteiger partial charge in [0.15, 0.2) is 0 Å². The summed E-state index contributed by atoms with van der Waals surface area (Å²) in [5.74, 6) is -1.02. The number of halogens is 5. The summed E-state index contributed by atoms with van der Waals surface area (Å²) in [6.45, 7) is 2.10. The SMILES string of the molecule is CCCCCc1ccc(C(=O)Oc2ccc(S(F)(F)(F)(F)F)cc2)cc1. The Balaban J connectivity index is 2.04. The zero-order valence-corrected chi connectivity index (χ0v) is 14.9. The highest BCUT2D eigenvalue weighted by Crippen LogP contribution is 3.02. The molecule has 0 aliphatic heterocycles. The van der Waals surface area contributed by atoms with Crippen LogP contribution in [0.5, 0.6) is 5.75 Å². The van der Waals surface area contributed by atoms with Crippen LogP contribution in [0.3, 0.4) is 0 Å². The van der Waals surface area contributed by atoms with Crippen LogP contribution >= 0.6 is 10.2 Å². The minimum atomic E-state index is -9.73. The first-order valence-corrected chi connectivity index (χ1v) is 9.99. The average Bonchev–Trinajstić information content (AvgIpc) is 2.54. The van der Waals surface area contributed by atoms with Gasteiger partial charge in [0, 0.05) is 0 Å². The predicted molar refractivity (Wildman–Crippen MR) is 92.5 cm³/mol. The molecule has 0 N–H and O–H groups in total. The fourth-order valence-corrected chi connectivity index (χ4v) is 2.97. The molecule has 0 unspecified atom stereocenters. The molecule has 0 heterocycles. The zero-order chi connectivity index (χ0) is 19.5. The Labute approximate surface area is 148 Å². The highest BCUT2D eigenvalue weighted by Gasteiger charge is 2.65. The van der Waals surface area contributed by atoms with Crippen LogP contribution in [0.4, 0.5) is 19.4 Å². The van der Waals surface area contributed by atoms with Crippen LogP contribution in [0.1, 0.15) is 42.1 Å². The molecule has 2 rings (SSSR count). The molecule has 0 amide bonds. The lowest BCUT2D eigenvalue weighted by Gasteiger charge is -2.40. The Morgan fingerprint density at radius 1 is 0.885 bits per heavy atom. The Bertz CT molecular complexity index is 769. The third-order valence-electron chi connectivity index (χ3n) is 3.74. The van der Waals surface area contributed by atoms with E-state index in [2.05, 4.69) is 6.92 Å². The number of esters is 1. The number of rotatable bonds is 7. The topological polar surface area (TPSA) is 26.3 Å². The molecule has 0 saturated heterocycles. The zero-order valence-electron chi connectivity index (χ0n) is 14.1. The van der Waals surface area contributed by atoms with Crippen LogP contribution in [0, 0.1) is 0 Å². The van der Waals surface area contributed by atoms with Gasteiger partial charge in [-0.3, -0.25) is 0 Å². The molecule has 0 fully saturated rings. The van der Waals surface area contributed by atoms with Crippen molar-refractivity contribution < 1.29 is 29.0 Å². The van der Waals surface area contributed by atoms with E-state index in [1.54, 1.807) is 24.3 Å². The van der Waals surface area contributed by atoms with E-state index in [-0.39, 0.29) is 23.4 Å². The lowest BCUT2D eigenvalue weighted by molar-refractivity contribution is 0.0734. The number of carbonyl (C=O) groups excluding carboxylic acids is 1. The first kappa shape index (κ1) is 20.2. The second-order valence-corrected chi connectivity index (χ2v) is 8.39. The predicted octanol–water partition coefficient (Wildman–Crippen LogP) is 7.30. The number of ether oxygens (including phenoxy) is 1. The van der Waals surface area contributed by atoms with Crippen LogP contribution in [-0.2, 0) is 6.42 Å². The average molecular weight is 394 g/mol. The Kier molecular flexibility index (Phi) is 5.11. The molecule has 26 heavy (non-hydrogen) atoms. The normalized spacial score (nSPS) is 14.4. The van der Waals surface area contributed by atoms with Crippen LogP contribution in [0.15, 0.2) is 53.4 Å². The molecule has 0 spiro atoms. The van der Waals surface area contributed by atoms with Crippen molar-refractivity contribution >= 4 is 16.2 Å². The van der Waals surface area contributed by atoms with Gasteiger partial charge in [-0.1, -0.05) is 51.3 Å². The maximum Gasteiger partial charge on any atom is 0.343 e. The van der Waals surface area contributed by atoms with Gasteiger partial charge in [0.2, 0.25) is 0 Å². The van der Waals surface area contributed by atoms with Gasteiger partial charge < -0.3 is 4.74 Å². The van der Waals surface area contributed by atoms with E-state index in [0.717, 1.165) is 31.2 Å². The molecule has 2 nitrogen and oxygen atoms in total. The number of benzene rings is 2. The molecule has 8 heteroatoms. The molecule has 0 aliphatic carbocycles. The van der Waals surface area contributed by atoms with Crippen LogP contribution in [0.2, 0.25) is 0 Å². The van der Waals surface area contributed by atoms with E-state index in [1.165, 1.54) is 0 Å². The van der Waals surface area contributed by atoms with Crippen LogP contribution < -0.4 is 4.74 Å². The van der Waals surface area contributed by atoms with Gasteiger partial charge in [0.25, 0.3) is 0 Å². The highest BCUT2D eigenvalue weighted by atomic mass is 32.5. The van der Waals surface area contributed by atoms with Crippen LogP contribution in [0.25, 0.3) is 0 Å². The lowest BCUT2D eigenvalue weighted by atomic mass is 10.1. The van der Waals surface area contributed by atoms with Crippen molar-refractivity contribution in [1.29, 1.82) is 0 Å². The van der Waals surface area contributed by atoms with Crippen molar-refractivity contribution in [3.05, 3.63) is 59.7 Å². The number of aryl methyl sites for hydroxylation is 1. The molecule has 0 atom stereocenters. The minimum Gasteiger partial charge on any atom is -0.423 e.